The van der Waals surface area contributed by atoms with Crippen LogP contribution in [0.25, 0.3) is 0 Å². The van der Waals surface area contributed by atoms with E-state index in [0.29, 0.717) is 17.7 Å². The first-order valence-corrected chi connectivity index (χ1v) is 12.7. The van der Waals surface area contributed by atoms with Gasteiger partial charge in [-0.05, 0) is 56.0 Å². The van der Waals surface area contributed by atoms with Crippen LogP contribution in [0.3, 0.4) is 0 Å². The number of hydrogen-bond donors (Lipinski definition) is 4. The quantitative estimate of drug-likeness (QED) is 0.132. The first kappa shape index (κ1) is 27.8. The lowest BCUT2D eigenvalue weighted by Crippen LogP contribution is -2.49. The first-order valence-electron chi connectivity index (χ1n) is 11.2. The fraction of sp³-hybridized carbons (Fsp3) is 0.375. The summed E-state index contributed by atoms with van der Waals surface area (Å²) < 4.78 is 37.7. The molecular formula is C24H32N4O6S. The van der Waals surface area contributed by atoms with Crippen LogP contribution in [-0.2, 0) is 30.8 Å². The van der Waals surface area contributed by atoms with E-state index in [4.69, 9.17) is 20.6 Å². The van der Waals surface area contributed by atoms with E-state index in [1.807, 2.05) is 12.1 Å². The Morgan fingerprint density at radius 2 is 1.71 bits per heavy atom. The van der Waals surface area contributed by atoms with Gasteiger partial charge in [0.15, 0.2) is 0 Å². The van der Waals surface area contributed by atoms with Crippen molar-refractivity contribution >= 4 is 27.7 Å². The Morgan fingerprint density at radius 1 is 1.06 bits per heavy atom. The van der Waals surface area contributed by atoms with Crippen molar-refractivity contribution in [2.45, 2.75) is 43.5 Å². The second kappa shape index (κ2) is 13.4. The Kier molecular flexibility index (Phi) is 10.7. The number of nitrogens with two attached hydrogens (primary N) is 1. The number of hydrogen-bond acceptors (Lipinski definition) is 7. The van der Waals surface area contributed by atoms with Gasteiger partial charge in [0.25, 0.3) is 0 Å². The minimum absolute atomic E-state index is 0.0145. The molecule has 0 radical (unpaired) electrons. The molecule has 0 aliphatic rings. The van der Waals surface area contributed by atoms with Crippen molar-refractivity contribution in [1.82, 2.24) is 10.0 Å². The Bertz CT molecular complexity index is 1100. The van der Waals surface area contributed by atoms with Crippen LogP contribution < -0.4 is 20.5 Å². The molecule has 0 saturated carbocycles. The lowest BCUT2D eigenvalue weighted by Gasteiger charge is -2.18. The highest BCUT2D eigenvalue weighted by atomic mass is 32.2. The largest absolute Gasteiger partial charge is 0.497 e. The maximum Gasteiger partial charge on any atom is 0.326 e. The monoisotopic (exact) mass is 504 g/mol. The lowest BCUT2D eigenvalue weighted by atomic mass is 10.0. The standard InChI is InChI=1S/C24H32N4O6S/c1-3-34-24(30)21(28-35(31,32)20-14-12-19(33-2)13-15-20)16-27-22(29)7-5-4-6-17-8-10-18(11-9-17)23(25)26/h8-15,21,28H,3-7,16H2,1-2H3,(H3,25,26)(H,27,29)/t21-/m0/s1. The van der Waals surface area contributed by atoms with E-state index < -0.39 is 22.0 Å². The summed E-state index contributed by atoms with van der Waals surface area (Å²) in [5.74, 6) is -0.569. The molecule has 2 aromatic rings. The molecule has 190 valence electrons. The van der Waals surface area contributed by atoms with E-state index in [1.54, 1.807) is 19.1 Å². The summed E-state index contributed by atoms with van der Waals surface area (Å²) in [4.78, 5) is 24.5. The third-order valence-electron chi connectivity index (χ3n) is 5.13. The van der Waals surface area contributed by atoms with E-state index >= 15 is 0 Å². The minimum atomic E-state index is -4.03. The molecule has 0 saturated heterocycles. The average molecular weight is 505 g/mol. The number of benzene rings is 2. The number of carbonyl (C=O) groups is 2. The van der Waals surface area contributed by atoms with Crippen LogP contribution in [0.5, 0.6) is 5.75 Å². The normalized spacial score (nSPS) is 11.9. The predicted molar refractivity (Wildman–Crippen MR) is 132 cm³/mol. The Labute approximate surface area is 205 Å². The van der Waals surface area contributed by atoms with Gasteiger partial charge >= 0.3 is 5.97 Å². The van der Waals surface area contributed by atoms with E-state index in [2.05, 4.69) is 10.0 Å². The molecule has 2 aromatic carbocycles. The van der Waals surface area contributed by atoms with Gasteiger partial charge in [-0.2, -0.15) is 4.72 Å². The molecule has 0 aliphatic carbocycles. The number of rotatable bonds is 14. The molecule has 0 aromatic heterocycles. The number of unbranched alkanes of at least 4 members (excludes halogenated alkanes) is 1. The molecule has 0 spiro atoms. The molecule has 1 atom stereocenters. The Balaban J connectivity index is 1.86. The van der Waals surface area contributed by atoms with Gasteiger partial charge in [0.2, 0.25) is 15.9 Å². The van der Waals surface area contributed by atoms with Gasteiger partial charge < -0.3 is 20.5 Å². The topological polar surface area (TPSA) is 161 Å². The molecular weight excluding hydrogens is 472 g/mol. The summed E-state index contributed by atoms with van der Waals surface area (Å²) in [6, 6.07) is 11.8. The van der Waals surface area contributed by atoms with Gasteiger partial charge in [-0.15, -0.1) is 0 Å². The molecule has 0 bridgehead atoms. The number of sulfonamides is 1. The molecule has 0 unspecified atom stereocenters. The molecule has 2 rings (SSSR count). The highest BCUT2D eigenvalue weighted by Gasteiger charge is 2.27. The number of nitrogen functional groups attached to an aromatic ring is 1. The van der Waals surface area contributed by atoms with Crippen LogP contribution in [0, 0.1) is 5.41 Å². The highest BCUT2D eigenvalue weighted by Crippen LogP contribution is 2.16. The van der Waals surface area contributed by atoms with Crippen molar-refractivity contribution < 1.29 is 27.5 Å². The number of nitrogens with one attached hydrogen (secondary N) is 3. The fourth-order valence-electron chi connectivity index (χ4n) is 3.20. The summed E-state index contributed by atoms with van der Waals surface area (Å²) in [6.45, 7) is 1.44. The zero-order valence-corrected chi connectivity index (χ0v) is 20.7. The number of amides is 1. The third kappa shape index (κ3) is 9.02. The molecule has 5 N–H and O–H groups in total. The van der Waals surface area contributed by atoms with Crippen molar-refractivity contribution in [3.05, 3.63) is 59.7 Å². The molecule has 10 nitrogen and oxygen atoms in total. The molecule has 11 heteroatoms. The van der Waals surface area contributed by atoms with Crippen LogP contribution in [0.2, 0.25) is 0 Å². The maximum absolute atomic E-state index is 12.7. The van der Waals surface area contributed by atoms with Gasteiger partial charge in [0.1, 0.15) is 17.6 Å². The summed E-state index contributed by atoms with van der Waals surface area (Å²) in [5, 5.41) is 10.0. The second-order valence-corrected chi connectivity index (χ2v) is 9.44. The second-order valence-electron chi connectivity index (χ2n) is 7.72. The van der Waals surface area contributed by atoms with E-state index in [1.165, 1.54) is 31.4 Å². The number of amidine groups is 1. The van der Waals surface area contributed by atoms with Gasteiger partial charge in [-0.3, -0.25) is 15.0 Å². The predicted octanol–water partition coefficient (Wildman–Crippen LogP) is 1.72. The SMILES string of the molecule is CCOC(=O)[C@H](CNC(=O)CCCCc1ccc(C(=N)N)cc1)NS(=O)(=O)c1ccc(OC)cc1. The molecule has 35 heavy (non-hydrogen) atoms. The highest BCUT2D eigenvalue weighted by molar-refractivity contribution is 7.89. The van der Waals surface area contributed by atoms with Gasteiger partial charge in [0, 0.05) is 18.5 Å². The number of methoxy groups -OCH3 is 1. The van der Waals surface area contributed by atoms with Gasteiger partial charge in [-0.1, -0.05) is 24.3 Å². The van der Waals surface area contributed by atoms with Crippen molar-refractivity contribution in [2.75, 3.05) is 20.3 Å². The molecule has 0 heterocycles. The van der Waals surface area contributed by atoms with Crippen LogP contribution in [-0.4, -0.2) is 52.4 Å². The summed E-state index contributed by atoms with van der Waals surface area (Å²) in [6.07, 6.45) is 2.37. The van der Waals surface area contributed by atoms with Crippen LogP contribution >= 0.6 is 0 Å². The number of carbonyl (C=O) groups excluding carboxylic acids is 2. The summed E-state index contributed by atoms with van der Waals surface area (Å²) in [7, 11) is -2.57. The van der Waals surface area contributed by atoms with E-state index in [9.17, 15) is 18.0 Å². The Morgan fingerprint density at radius 3 is 2.29 bits per heavy atom. The maximum atomic E-state index is 12.7. The van der Waals surface area contributed by atoms with Crippen LogP contribution in [0.1, 0.15) is 37.3 Å². The van der Waals surface area contributed by atoms with E-state index in [0.717, 1.165) is 18.4 Å². The fourth-order valence-corrected chi connectivity index (χ4v) is 4.38. The Hall–Kier alpha value is -3.44. The van der Waals surface area contributed by atoms with Crippen molar-refractivity contribution in [3.63, 3.8) is 0 Å². The molecule has 0 aliphatic heterocycles. The van der Waals surface area contributed by atoms with E-state index in [-0.39, 0.29) is 36.2 Å². The van der Waals surface area contributed by atoms with Crippen molar-refractivity contribution in [1.29, 1.82) is 5.41 Å². The average Bonchev–Trinajstić information content (AvgIpc) is 2.84. The third-order valence-corrected chi connectivity index (χ3v) is 6.61. The smallest absolute Gasteiger partial charge is 0.326 e. The number of ether oxygens (including phenoxy) is 2. The minimum Gasteiger partial charge on any atom is -0.497 e. The zero-order chi connectivity index (χ0) is 25.8. The molecule has 1 amide bonds. The van der Waals surface area contributed by atoms with Crippen LogP contribution in [0.15, 0.2) is 53.4 Å². The summed E-state index contributed by atoms with van der Waals surface area (Å²) >= 11 is 0. The van der Waals surface area contributed by atoms with Gasteiger partial charge in [-0.25, -0.2) is 8.42 Å². The first-order chi connectivity index (χ1) is 16.7. The lowest BCUT2D eigenvalue weighted by molar-refractivity contribution is -0.145. The van der Waals surface area contributed by atoms with Crippen molar-refractivity contribution in [3.8, 4) is 5.75 Å². The van der Waals surface area contributed by atoms with Gasteiger partial charge in [0.05, 0.1) is 18.6 Å². The number of esters is 1. The van der Waals surface area contributed by atoms with Crippen LogP contribution in [0.4, 0.5) is 0 Å². The zero-order valence-electron chi connectivity index (χ0n) is 19.9. The molecule has 0 fully saturated rings. The summed E-state index contributed by atoms with van der Waals surface area (Å²) in [5.41, 5.74) is 7.18. The van der Waals surface area contributed by atoms with Crippen molar-refractivity contribution in [2.24, 2.45) is 5.73 Å². The number of aryl methyl sites for hydroxylation is 1.